The van der Waals surface area contributed by atoms with E-state index in [0.717, 1.165) is 16.9 Å². The lowest BCUT2D eigenvalue weighted by molar-refractivity contribution is 0.110. The minimum Gasteiger partial charge on any atom is -0.491 e. The van der Waals surface area contributed by atoms with Crippen molar-refractivity contribution < 1.29 is 17.9 Å². The normalized spacial score (nSPS) is 12.1. The average Bonchev–Trinajstić information content (AvgIpc) is 2.62. The summed E-state index contributed by atoms with van der Waals surface area (Å²) in [5, 5.41) is 6.20. The van der Waals surface area contributed by atoms with Crippen molar-refractivity contribution in [3.05, 3.63) is 29.3 Å². The summed E-state index contributed by atoms with van der Waals surface area (Å²) in [6.45, 7) is 8.16. The molecule has 0 spiro atoms. The Hall–Kier alpha value is -1.80. The summed E-state index contributed by atoms with van der Waals surface area (Å²) in [4.78, 5) is 4.12. The van der Waals surface area contributed by atoms with Gasteiger partial charge in [0.2, 0.25) is 0 Å². The van der Waals surface area contributed by atoms with Crippen LogP contribution in [0.3, 0.4) is 0 Å². The van der Waals surface area contributed by atoms with Crippen molar-refractivity contribution in [3.8, 4) is 5.75 Å². The van der Waals surface area contributed by atoms with Gasteiger partial charge in [0.25, 0.3) is 0 Å². The molecule has 0 aliphatic heterocycles. The molecule has 0 aliphatic rings. The van der Waals surface area contributed by atoms with Crippen LogP contribution in [0.15, 0.2) is 23.2 Å². The van der Waals surface area contributed by atoms with Crippen LogP contribution in [0, 0.1) is 6.92 Å². The molecule has 1 aromatic rings. The predicted molar refractivity (Wildman–Crippen MR) is 106 cm³/mol. The third-order valence-corrected chi connectivity index (χ3v) is 5.43. The van der Waals surface area contributed by atoms with Gasteiger partial charge in [-0.15, -0.1) is 0 Å². The van der Waals surface area contributed by atoms with Gasteiger partial charge in [0.05, 0.1) is 12.4 Å². The Balaban J connectivity index is 2.58. The third kappa shape index (κ3) is 8.53. The number of rotatable bonds is 11. The third-order valence-electron chi connectivity index (χ3n) is 3.73. The van der Waals surface area contributed by atoms with Crippen molar-refractivity contribution in [2.75, 3.05) is 44.9 Å². The molecule has 8 heteroatoms. The molecule has 0 heterocycles. The number of benzene rings is 1. The van der Waals surface area contributed by atoms with Crippen molar-refractivity contribution in [2.24, 2.45) is 4.99 Å². The van der Waals surface area contributed by atoms with Crippen LogP contribution in [0.1, 0.15) is 25.0 Å². The van der Waals surface area contributed by atoms with Crippen molar-refractivity contribution in [1.29, 1.82) is 0 Å². The van der Waals surface area contributed by atoms with Crippen LogP contribution in [-0.2, 0) is 21.1 Å². The van der Waals surface area contributed by atoms with Crippen LogP contribution >= 0.6 is 0 Å². The molecule has 26 heavy (non-hydrogen) atoms. The number of sulfone groups is 1. The largest absolute Gasteiger partial charge is 0.491 e. The van der Waals surface area contributed by atoms with E-state index in [1.165, 1.54) is 0 Å². The Morgan fingerprint density at radius 1 is 1.19 bits per heavy atom. The molecule has 0 aliphatic carbocycles. The zero-order valence-corrected chi connectivity index (χ0v) is 17.0. The summed E-state index contributed by atoms with van der Waals surface area (Å²) >= 11 is 0. The molecule has 0 radical (unpaired) electrons. The number of aryl methyl sites for hydroxylation is 1. The van der Waals surface area contributed by atoms with Gasteiger partial charge in [-0.05, 0) is 25.5 Å². The quantitative estimate of drug-likeness (QED) is 0.341. The molecule has 0 fully saturated rings. The van der Waals surface area contributed by atoms with E-state index in [9.17, 15) is 8.42 Å². The summed E-state index contributed by atoms with van der Waals surface area (Å²) in [6.07, 6.45) is 0. The van der Waals surface area contributed by atoms with Gasteiger partial charge >= 0.3 is 0 Å². The van der Waals surface area contributed by atoms with Crippen LogP contribution < -0.4 is 15.4 Å². The molecular formula is C18H31N3O4S. The van der Waals surface area contributed by atoms with Crippen LogP contribution in [-0.4, -0.2) is 59.3 Å². The van der Waals surface area contributed by atoms with Gasteiger partial charge in [-0.2, -0.15) is 0 Å². The Morgan fingerprint density at radius 3 is 2.62 bits per heavy atom. The maximum absolute atomic E-state index is 11.5. The lowest BCUT2D eigenvalue weighted by Gasteiger charge is -2.15. The number of hydrogen-bond acceptors (Lipinski definition) is 5. The van der Waals surface area contributed by atoms with Crippen LogP contribution in [0.4, 0.5) is 0 Å². The molecule has 1 rings (SSSR count). The molecular weight excluding hydrogens is 354 g/mol. The fourth-order valence-electron chi connectivity index (χ4n) is 2.17. The first-order valence-corrected chi connectivity index (χ1v) is 10.7. The van der Waals surface area contributed by atoms with E-state index in [1.54, 1.807) is 14.0 Å². The lowest BCUT2D eigenvalue weighted by Crippen LogP contribution is -2.39. The predicted octanol–water partition coefficient (Wildman–Crippen LogP) is 1.51. The summed E-state index contributed by atoms with van der Waals surface area (Å²) in [6, 6.07) is 6.02. The minimum absolute atomic E-state index is 0.0839. The first-order valence-electron chi connectivity index (χ1n) is 8.86. The molecule has 0 saturated heterocycles. The Kier molecular flexibility index (Phi) is 10.0. The van der Waals surface area contributed by atoms with Crippen molar-refractivity contribution in [3.63, 3.8) is 0 Å². The van der Waals surface area contributed by atoms with E-state index in [1.807, 2.05) is 32.0 Å². The summed E-state index contributed by atoms with van der Waals surface area (Å²) in [7, 11) is -1.34. The second kappa shape index (κ2) is 11.7. The topological polar surface area (TPSA) is 89.0 Å². The highest BCUT2D eigenvalue weighted by Gasteiger charge is 2.09. The zero-order valence-electron chi connectivity index (χ0n) is 16.2. The summed E-state index contributed by atoms with van der Waals surface area (Å²) in [5.74, 6) is 1.59. The molecule has 0 atom stereocenters. The number of aliphatic imine (C=N–C) groups is 1. The minimum atomic E-state index is -2.99. The van der Waals surface area contributed by atoms with E-state index in [0.29, 0.717) is 38.9 Å². The highest BCUT2D eigenvalue weighted by Crippen LogP contribution is 2.20. The average molecular weight is 386 g/mol. The molecule has 1 aromatic carbocycles. The molecule has 0 aromatic heterocycles. The van der Waals surface area contributed by atoms with Crippen molar-refractivity contribution >= 4 is 15.8 Å². The SMILES string of the molecule is CCOCCOc1cc(C)ccc1CNC(=NC)NCCS(=O)(=O)CC. The smallest absolute Gasteiger partial charge is 0.191 e. The fraction of sp³-hybridized carbons (Fsp3) is 0.611. The zero-order chi connectivity index (χ0) is 19.4. The monoisotopic (exact) mass is 385 g/mol. The van der Waals surface area contributed by atoms with Gasteiger partial charge in [0.1, 0.15) is 12.4 Å². The number of guanidine groups is 1. The van der Waals surface area contributed by atoms with Gasteiger partial charge in [0.15, 0.2) is 15.8 Å². The molecule has 0 amide bonds. The standard InChI is InChI=1S/C18H31N3O4S/c1-5-24-10-11-25-17-13-15(3)7-8-16(17)14-21-18(19-4)20-9-12-26(22,23)6-2/h7-8,13H,5-6,9-12,14H2,1-4H3,(H2,19,20,21). The summed E-state index contributed by atoms with van der Waals surface area (Å²) < 4.78 is 34.2. The van der Waals surface area contributed by atoms with Gasteiger partial charge in [-0.25, -0.2) is 8.42 Å². The van der Waals surface area contributed by atoms with Gasteiger partial charge in [0, 0.05) is 38.1 Å². The molecule has 0 saturated carbocycles. The van der Waals surface area contributed by atoms with Crippen molar-refractivity contribution in [2.45, 2.75) is 27.3 Å². The van der Waals surface area contributed by atoms with E-state index < -0.39 is 9.84 Å². The number of hydrogen-bond donors (Lipinski definition) is 2. The Bertz CT molecular complexity index is 675. The maximum Gasteiger partial charge on any atom is 0.191 e. The highest BCUT2D eigenvalue weighted by atomic mass is 32.2. The number of nitrogens with zero attached hydrogens (tertiary/aromatic N) is 1. The first-order chi connectivity index (χ1) is 12.4. The first kappa shape index (κ1) is 22.2. The fourth-order valence-corrected chi connectivity index (χ4v) is 2.87. The highest BCUT2D eigenvalue weighted by molar-refractivity contribution is 7.91. The van der Waals surface area contributed by atoms with Gasteiger partial charge in [-0.3, -0.25) is 4.99 Å². The lowest BCUT2D eigenvalue weighted by atomic mass is 10.1. The molecule has 0 unspecified atom stereocenters. The van der Waals surface area contributed by atoms with E-state index in [4.69, 9.17) is 9.47 Å². The van der Waals surface area contributed by atoms with Gasteiger partial charge < -0.3 is 20.1 Å². The van der Waals surface area contributed by atoms with Crippen molar-refractivity contribution in [1.82, 2.24) is 10.6 Å². The second-order valence-electron chi connectivity index (χ2n) is 5.75. The van der Waals surface area contributed by atoms with Crippen LogP contribution in [0.2, 0.25) is 0 Å². The number of nitrogens with one attached hydrogen (secondary N) is 2. The van der Waals surface area contributed by atoms with Crippen LogP contribution in [0.5, 0.6) is 5.75 Å². The van der Waals surface area contributed by atoms with E-state index in [2.05, 4.69) is 15.6 Å². The summed E-state index contributed by atoms with van der Waals surface area (Å²) in [5.41, 5.74) is 2.11. The second-order valence-corrected chi connectivity index (χ2v) is 8.22. The van der Waals surface area contributed by atoms with E-state index in [-0.39, 0.29) is 11.5 Å². The molecule has 148 valence electrons. The van der Waals surface area contributed by atoms with Gasteiger partial charge in [-0.1, -0.05) is 19.1 Å². The molecule has 7 nitrogen and oxygen atoms in total. The van der Waals surface area contributed by atoms with E-state index >= 15 is 0 Å². The molecule has 0 bridgehead atoms. The molecule has 2 N–H and O–H groups in total. The maximum atomic E-state index is 11.5. The Morgan fingerprint density at radius 2 is 1.96 bits per heavy atom. The van der Waals surface area contributed by atoms with Crippen LogP contribution in [0.25, 0.3) is 0 Å². The number of ether oxygens (including phenoxy) is 2. The Labute approximate surface area is 157 Å².